The Morgan fingerprint density at radius 2 is 1.95 bits per heavy atom. The molecule has 0 unspecified atom stereocenters. The predicted molar refractivity (Wildman–Crippen MR) is 86.5 cm³/mol. The summed E-state index contributed by atoms with van der Waals surface area (Å²) in [5, 5.41) is 1.30. The first kappa shape index (κ1) is 11.4. The molecule has 102 valence electrons. The average molecular weight is 272 g/mol. The van der Waals surface area contributed by atoms with Crippen molar-refractivity contribution in [1.29, 1.82) is 0 Å². The molecule has 0 spiro atoms. The third-order valence-corrected chi connectivity index (χ3v) is 5.18. The molecule has 2 aromatic carbocycles. The fourth-order valence-electron chi connectivity index (χ4n) is 4.11. The van der Waals surface area contributed by atoms with Crippen LogP contribution in [-0.2, 0) is 11.8 Å². The van der Waals surface area contributed by atoms with E-state index in [9.17, 15) is 0 Å². The molecule has 0 amide bonds. The molecule has 1 aromatic heterocycles. The zero-order chi connectivity index (χ0) is 14.2. The molecule has 1 heteroatoms. The summed E-state index contributed by atoms with van der Waals surface area (Å²) in [5.41, 5.74) is 9.31. The molecule has 0 fully saturated rings. The molecule has 1 nitrogen and oxygen atoms in total. The van der Waals surface area contributed by atoms with Crippen molar-refractivity contribution in [2.75, 3.05) is 0 Å². The fraction of sp³-hybridized carbons (Fsp3) is 0.200. The van der Waals surface area contributed by atoms with E-state index in [1.54, 1.807) is 0 Å². The molecule has 0 bridgehead atoms. The van der Waals surface area contributed by atoms with Crippen LogP contribution >= 0.6 is 0 Å². The number of hydrogen-bond acceptors (Lipinski definition) is 1. The zero-order valence-corrected chi connectivity index (χ0v) is 12.2. The molecule has 1 heterocycles. The molecule has 3 aromatic rings. The van der Waals surface area contributed by atoms with E-state index in [1.165, 1.54) is 38.8 Å². The molecule has 0 radical (unpaired) electrons. The Morgan fingerprint density at radius 3 is 2.86 bits per heavy atom. The van der Waals surface area contributed by atoms with Crippen molar-refractivity contribution in [1.82, 2.24) is 0 Å². The molecule has 0 aliphatic heterocycles. The fourth-order valence-corrected chi connectivity index (χ4v) is 4.11. The second-order valence-corrected chi connectivity index (χ2v) is 6.62. The first-order chi connectivity index (χ1) is 10.2. The first-order valence-electron chi connectivity index (χ1n) is 7.52. The zero-order valence-electron chi connectivity index (χ0n) is 12.2. The molecule has 0 atom stereocenters. The van der Waals surface area contributed by atoms with Crippen LogP contribution in [0.1, 0.15) is 36.1 Å². The lowest BCUT2D eigenvalue weighted by molar-refractivity contribution is 0.616. The number of benzene rings is 2. The maximum absolute atomic E-state index is 5.85. The minimum absolute atomic E-state index is 0.0172. The standard InChI is InChI=1S/C20H16O/c1-20(2)15-7-4-8-17-19(15)14(11-21-17)18-13-6-3-5-12(13)9-10-16(18)20/h3-5,7-11H,6H2,1-2H3. The Balaban J connectivity index is 2.02. The van der Waals surface area contributed by atoms with Gasteiger partial charge in [-0.2, -0.15) is 0 Å². The van der Waals surface area contributed by atoms with Crippen molar-refractivity contribution in [2.45, 2.75) is 25.7 Å². The lowest BCUT2D eigenvalue weighted by Crippen LogP contribution is -2.23. The predicted octanol–water partition coefficient (Wildman–Crippen LogP) is 5.31. The monoisotopic (exact) mass is 272 g/mol. The lowest BCUT2D eigenvalue weighted by atomic mass is 9.68. The molecular weight excluding hydrogens is 256 g/mol. The first-order valence-corrected chi connectivity index (χ1v) is 7.52. The van der Waals surface area contributed by atoms with Gasteiger partial charge in [-0.25, -0.2) is 0 Å². The summed E-state index contributed by atoms with van der Waals surface area (Å²) in [7, 11) is 0. The highest BCUT2D eigenvalue weighted by Crippen LogP contribution is 2.51. The topological polar surface area (TPSA) is 13.1 Å². The van der Waals surface area contributed by atoms with Crippen LogP contribution in [0.5, 0.6) is 0 Å². The van der Waals surface area contributed by atoms with E-state index in [2.05, 4.69) is 56.3 Å². The van der Waals surface area contributed by atoms with Crippen molar-refractivity contribution in [2.24, 2.45) is 0 Å². The Kier molecular flexibility index (Phi) is 1.89. The summed E-state index contributed by atoms with van der Waals surface area (Å²) in [6, 6.07) is 11.0. The van der Waals surface area contributed by atoms with Crippen LogP contribution in [0.4, 0.5) is 0 Å². The highest BCUT2D eigenvalue weighted by atomic mass is 16.3. The van der Waals surface area contributed by atoms with E-state index in [4.69, 9.17) is 4.42 Å². The number of hydrogen-bond donors (Lipinski definition) is 0. The van der Waals surface area contributed by atoms with Crippen LogP contribution in [0, 0.1) is 0 Å². The maximum Gasteiger partial charge on any atom is 0.134 e. The van der Waals surface area contributed by atoms with Crippen LogP contribution in [0.15, 0.2) is 47.1 Å². The largest absolute Gasteiger partial charge is 0.464 e. The smallest absolute Gasteiger partial charge is 0.134 e. The van der Waals surface area contributed by atoms with Gasteiger partial charge < -0.3 is 4.42 Å². The van der Waals surface area contributed by atoms with Gasteiger partial charge in [0.15, 0.2) is 0 Å². The van der Waals surface area contributed by atoms with E-state index in [0.717, 1.165) is 12.0 Å². The van der Waals surface area contributed by atoms with Gasteiger partial charge in [-0.15, -0.1) is 0 Å². The third kappa shape index (κ3) is 1.23. The molecule has 0 saturated heterocycles. The Morgan fingerprint density at radius 1 is 1.05 bits per heavy atom. The van der Waals surface area contributed by atoms with Crippen molar-refractivity contribution >= 4 is 17.0 Å². The van der Waals surface area contributed by atoms with Gasteiger partial charge in [0.2, 0.25) is 0 Å². The van der Waals surface area contributed by atoms with Gasteiger partial charge in [0.05, 0.1) is 6.26 Å². The van der Waals surface area contributed by atoms with E-state index >= 15 is 0 Å². The van der Waals surface area contributed by atoms with E-state index in [-0.39, 0.29) is 5.41 Å². The molecular formula is C20H16O. The number of furan rings is 1. The van der Waals surface area contributed by atoms with Crippen molar-refractivity contribution in [3.05, 3.63) is 64.9 Å². The summed E-state index contributed by atoms with van der Waals surface area (Å²) in [6.07, 6.45) is 7.47. The second-order valence-electron chi connectivity index (χ2n) is 6.62. The van der Waals surface area contributed by atoms with Crippen molar-refractivity contribution < 1.29 is 4.42 Å². The van der Waals surface area contributed by atoms with Crippen LogP contribution < -0.4 is 0 Å². The van der Waals surface area contributed by atoms with E-state index < -0.39 is 0 Å². The normalized spacial score (nSPS) is 17.0. The number of fused-ring (bicyclic) bond motifs is 4. The second kappa shape index (κ2) is 3.48. The summed E-state index contributed by atoms with van der Waals surface area (Å²) in [4.78, 5) is 0. The van der Waals surface area contributed by atoms with Crippen LogP contribution in [0.3, 0.4) is 0 Å². The van der Waals surface area contributed by atoms with Gasteiger partial charge in [0.1, 0.15) is 5.58 Å². The average Bonchev–Trinajstić information content (AvgIpc) is 3.11. The van der Waals surface area contributed by atoms with Gasteiger partial charge >= 0.3 is 0 Å². The van der Waals surface area contributed by atoms with Crippen LogP contribution in [0.25, 0.3) is 28.2 Å². The highest BCUT2D eigenvalue weighted by Gasteiger charge is 2.36. The summed E-state index contributed by atoms with van der Waals surface area (Å²) in [6.45, 7) is 4.65. The van der Waals surface area contributed by atoms with Gasteiger partial charge in [-0.3, -0.25) is 0 Å². The Bertz CT molecular complexity index is 938. The van der Waals surface area contributed by atoms with Crippen LogP contribution in [-0.4, -0.2) is 0 Å². The Hall–Kier alpha value is -2.28. The summed E-state index contributed by atoms with van der Waals surface area (Å²) in [5.74, 6) is 0. The van der Waals surface area contributed by atoms with Gasteiger partial charge in [-0.1, -0.05) is 50.3 Å². The SMILES string of the molecule is CC1(C)c2ccc3c(c2-c2coc4cccc1c24)CC=C3. The van der Waals surface area contributed by atoms with Gasteiger partial charge in [0.25, 0.3) is 0 Å². The molecule has 2 aliphatic carbocycles. The maximum atomic E-state index is 5.85. The summed E-state index contributed by atoms with van der Waals surface area (Å²) >= 11 is 0. The lowest BCUT2D eigenvalue weighted by Gasteiger charge is -2.34. The minimum Gasteiger partial charge on any atom is -0.464 e. The number of rotatable bonds is 0. The van der Waals surface area contributed by atoms with E-state index in [1.807, 2.05) is 6.26 Å². The third-order valence-electron chi connectivity index (χ3n) is 5.18. The minimum atomic E-state index is 0.0172. The highest BCUT2D eigenvalue weighted by molar-refractivity contribution is 6.02. The van der Waals surface area contributed by atoms with E-state index in [0.29, 0.717) is 0 Å². The van der Waals surface area contributed by atoms with Crippen LogP contribution in [0.2, 0.25) is 0 Å². The molecule has 0 N–H and O–H groups in total. The molecule has 21 heavy (non-hydrogen) atoms. The van der Waals surface area contributed by atoms with Crippen molar-refractivity contribution in [3.63, 3.8) is 0 Å². The number of allylic oxidation sites excluding steroid dienone is 1. The quantitative estimate of drug-likeness (QED) is 0.540. The molecule has 0 saturated carbocycles. The molecule has 2 aliphatic rings. The van der Waals surface area contributed by atoms with Gasteiger partial charge in [-0.05, 0) is 40.3 Å². The van der Waals surface area contributed by atoms with Crippen molar-refractivity contribution in [3.8, 4) is 11.1 Å². The Labute approximate surface area is 123 Å². The molecule has 5 rings (SSSR count). The van der Waals surface area contributed by atoms with Gasteiger partial charge in [0, 0.05) is 16.4 Å². The summed E-state index contributed by atoms with van der Waals surface area (Å²) < 4.78 is 5.85.